The van der Waals surface area contributed by atoms with E-state index < -0.39 is 0 Å². The van der Waals surface area contributed by atoms with Crippen molar-refractivity contribution in [2.75, 3.05) is 26.2 Å². The highest BCUT2D eigenvalue weighted by molar-refractivity contribution is 5.15. The molecule has 3 rings (SSSR count). The van der Waals surface area contributed by atoms with Crippen molar-refractivity contribution in [3.63, 3.8) is 0 Å². The smallest absolute Gasteiger partial charge is 0.0302 e. The molecule has 1 aromatic heterocycles. The van der Waals surface area contributed by atoms with E-state index in [2.05, 4.69) is 33.5 Å². The normalized spacial score (nSPS) is 30.2. The minimum absolute atomic E-state index is 0.748. The van der Waals surface area contributed by atoms with Crippen LogP contribution in [0.2, 0.25) is 0 Å². The van der Waals surface area contributed by atoms with Gasteiger partial charge in [0.15, 0.2) is 0 Å². The Morgan fingerprint density at radius 2 is 1.89 bits per heavy atom. The maximum absolute atomic E-state index is 4.25. The lowest BCUT2D eigenvalue weighted by Crippen LogP contribution is -2.49. The maximum atomic E-state index is 4.25. The van der Waals surface area contributed by atoms with Crippen LogP contribution in [0.1, 0.15) is 37.2 Å². The van der Waals surface area contributed by atoms with Crippen molar-refractivity contribution in [2.45, 2.75) is 37.6 Å². The Kier molecular flexibility index (Phi) is 3.91. The topological polar surface area (TPSA) is 28.2 Å². The molecule has 98 valence electrons. The van der Waals surface area contributed by atoms with Gasteiger partial charge in [0.05, 0.1) is 0 Å². The van der Waals surface area contributed by atoms with Gasteiger partial charge in [-0.1, -0.05) is 6.07 Å². The number of nitrogens with zero attached hydrogens (tertiary/aromatic N) is 2. The summed E-state index contributed by atoms with van der Waals surface area (Å²) in [7, 11) is 0. The Hall–Kier alpha value is -0.930. The lowest BCUT2D eigenvalue weighted by molar-refractivity contribution is 0.133. The predicted octanol–water partition coefficient (Wildman–Crippen LogP) is 2.01. The van der Waals surface area contributed by atoms with Crippen LogP contribution in [-0.4, -0.2) is 42.1 Å². The summed E-state index contributed by atoms with van der Waals surface area (Å²) >= 11 is 0. The summed E-state index contributed by atoms with van der Waals surface area (Å²) in [6.45, 7) is 4.81. The van der Waals surface area contributed by atoms with Crippen molar-refractivity contribution in [3.8, 4) is 0 Å². The van der Waals surface area contributed by atoms with Crippen molar-refractivity contribution < 1.29 is 0 Å². The molecule has 1 saturated heterocycles. The average Bonchev–Trinajstić information content (AvgIpc) is 2.49. The molecule has 0 amide bonds. The van der Waals surface area contributed by atoms with Crippen molar-refractivity contribution in [1.82, 2.24) is 15.2 Å². The van der Waals surface area contributed by atoms with Crippen molar-refractivity contribution in [2.24, 2.45) is 0 Å². The molecule has 3 nitrogen and oxygen atoms in total. The van der Waals surface area contributed by atoms with Gasteiger partial charge in [0, 0.05) is 44.6 Å². The SMILES string of the molecule is c1cncc(C2CCC(N3CCNCC3)CC2)c1. The van der Waals surface area contributed by atoms with Gasteiger partial charge in [-0.15, -0.1) is 0 Å². The van der Waals surface area contributed by atoms with E-state index in [4.69, 9.17) is 0 Å². The first-order chi connectivity index (χ1) is 8.93. The minimum atomic E-state index is 0.748. The molecule has 1 aliphatic heterocycles. The molecular formula is C15H23N3. The zero-order valence-corrected chi connectivity index (χ0v) is 11.0. The van der Waals surface area contributed by atoms with Crippen LogP contribution in [-0.2, 0) is 0 Å². The second kappa shape index (κ2) is 5.81. The minimum Gasteiger partial charge on any atom is -0.314 e. The molecule has 0 bridgehead atoms. The molecule has 0 radical (unpaired) electrons. The molecule has 18 heavy (non-hydrogen) atoms. The van der Waals surface area contributed by atoms with E-state index in [1.54, 1.807) is 0 Å². The van der Waals surface area contributed by atoms with E-state index in [-0.39, 0.29) is 0 Å². The molecule has 2 aliphatic rings. The summed E-state index contributed by atoms with van der Waals surface area (Å²) < 4.78 is 0. The van der Waals surface area contributed by atoms with E-state index in [0.717, 1.165) is 12.0 Å². The number of nitrogens with one attached hydrogen (secondary N) is 1. The van der Waals surface area contributed by atoms with Gasteiger partial charge in [-0.05, 0) is 43.2 Å². The quantitative estimate of drug-likeness (QED) is 0.864. The highest BCUT2D eigenvalue weighted by Crippen LogP contribution is 2.34. The number of hydrogen-bond donors (Lipinski definition) is 1. The van der Waals surface area contributed by atoms with Gasteiger partial charge in [0.25, 0.3) is 0 Å². The summed E-state index contributed by atoms with van der Waals surface area (Å²) in [4.78, 5) is 6.94. The van der Waals surface area contributed by atoms with Crippen LogP contribution in [0.3, 0.4) is 0 Å². The van der Waals surface area contributed by atoms with E-state index >= 15 is 0 Å². The average molecular weight is 245 g/mol. The van der Waals surface area contributed by atoms with Gasteiger partial charge >= 0.3 is 0 Å². The van der Waals surface area contributed by atoms with Gasteiger partial charge in [-0.2, -0.15) is 0 Å². The monoisotopic (exact) mass is 245 g/mol. The number of rotatable bonds is 2. The first-order valence-corrected chi connectivity index (χ1v) is 7.28. The molecule has 1 saturated carbocycles. The standard InChI is InChI=1S/C15H23N3/c1-2-14(12-17-7-1)13-3-5-15(6-4-13)18-10-8-16-9-11-18/h1-2,7,12-13,15-16H,3-6,8-11H2. The molecule has 0 aromatic carbocycles. The van der Waals surface area contributed by atoms with Crippen molar-refractivity contribution in [3.05, 3.63) is 30.1 Å². The van der Waals surface area contributed by atoms with Crippen molar-refractivity contribution >= 4 is 0 Å². The van der Waals surface area contributed by atoms with Gasteiger partial charge in [0.2, 0.25) is 0 Å². The fraction of sp³-hybridized carbons (Fsp3) is 0.667. The Morgan fingerprint density at radius 3 is 2.56 bits per heavy atom. The molecule has 2 heterocycles. The zero-order chi connectivity index (χ0) is 12.2. The van der Waals surface area contributed by atoms with Gasteiger partial charge in [-0.25, -0.2) is 0 Å². The fourth-order valence-corrected chi connectivity index (χ4v) is 3.44. The van der Waals surface area contributed by atoms with Crippen LogP contribution >= 0.6 is 0 Å². The third-order valence-electron chi connectivity index (χ3n) is 4.52. The first kappa shape index (κ1) is 12.1. The molecule has 0 unspecified atom stereocenters. The van der Waals surface area contributed by atoms with Crippen LogP contribution in [0, 0.1) is 0 Å². The molecule has 0 spiro atoms. The number of piperazine rings is 1. The van der Waals surface area contributed by atoms with Crippen LogP contribution in [0.5, 0.6) is 0 Å². The van der Waals surface area contributed by atoms with Gasteiger partial charge in [0.1, 0.15) is 0 Å². The third-order valence-corrected chi connectivity index (χ3v) is 4.52. The Labute approximate surface area is 110 Å². The van der Waals surface area contributed by atoms with E-state index in [1.165, 1.54) is 57.4 Å². The summed E-state index contributed by atoms with van der Waals surface area (Å²) in [5.74, 6) is 0.748. The summed E-state index contributed by atoms with van der Waals surface area (Å²) in [6, 6.07) is 5.14. The highest BCUT2D eigenvalue weighted by atomic mass is 15.2. The molecule has 2 fully saturated rings. The fourth-order valence-electron chi connectivity index (χ4n) is 3.44. The molecular weight excluding hydrogens is 222 g/mol. The van der Waals surface area contributed by atoms with Gasteiger partial charge in [-0.3, -0.25) is 9.88 Å². The van der Waals surface area contributed by atoms with E-state index in [0.29, 0.717) is 0 Å². The molecule has 1 N–H and O–H groups in total. The Balaban J connectivity index is 1.54. The second-order valence-corrected chi connectivity index (χ2v) is 5.58. The second-order valence-electron chi connectivity index (χ2n) is 5.58. The lowest BCUT2D eigenvalue weighted by Gasteiger charge is -2.39. The Bertz CT molecular complexity index is 351. The largest absolute Gasteiger partial charge is 0.314 e. The van der Waals surface area contributed by atoms with Crippen LogP contribution in [0.25, 0.3) is 0 Å². The number of aromatic nitrogens is 1. The maximum Gasteiger partial charge on any atom is 0.0302 e. The summed E-state index contributed by atoms with van der Waals surface area (Å²) in [5, 5.41) is 3.44. The number of pyridine rings is 1. The van der Waals surface area contributed by atoms with Gasteiger partial charge < -0.3 is 5.32 Å². The zero-order valence-electron chi connectivity index (χ0n) is 11.0. The van der Waals surface area contributed by atoms with Crippen LogP contribution < -0.4 is 5.32 Å². The summed E-state index contributed by atoms with van der Waals surface area (Å²) in [5.41, 5.74) is 1.44. The Morgan fingerprint density at radius 1 is 1.11 bits per heavy atom. The molecule has 1 aromatic rings. The predicted molar refractivity (Wildman–Crippen MR) is 73.7 cm³/mol. The lowest BCUT2D eigenvalue weighted by atomic mass is 9.81. The summed E-state index contributed by atoms with van der Waals surface area (Å²) in [6.07, 6.45) is 9.31. The molecule has 1 aliphatic carbocycles. The molecule has 0 atom stereocenters. The van der Waals surface area contributed by atoms with E-state index in [1.807, 2.05) is 6.20 Å². The highest BCUT2D eigenvalue weighted by Gasteiger charge is 2.27. The van der Waals surface area contributed by atoms with Crippen LogP contribution in [0.15, 0.2) is 24.5 Å². The third kappa shape index (κ3) is 2.73. The van der Waals surface area contributed by atoms with E-state index in [9.17, 15) is 0 Å². The number of hydrogen-bond acceptors (Lipinski definition) is 3. The van der Waals surface area contributed by atoms with Crippen molar-refractivity contribution in [1.29, 1.82) is 0 Å². The van der Waals surface area contributed by atoms with Crippen LogP contribution in [0.4, 0.5) is 0 Å². The first-order valence-electron chi connectivity index (χ1n) is 7.28. The molecule has 3 heteroatoms.